The molecule has 3 heteroatoms. The molecule has 16 heavy (non-hydrogen) atoms. The number of nitrogens with two attached hydrogens (primary N) is 1. The highest BCUT2D eigenvalue weighted by molar-refractivity contribution is 7.09. The normalized spacial score (nSPS) is 10.2. The Morgan fingerprint density at radius 3 is 2.88 bits per heavy atom. The fourth-order valence-electron chi connectivity index (χ4n) is 1.50. The maximum Gasteiger partial charge on any atom is 0.121 e. The van der Waals surface area contributed by atoms with Crippen LogP contribution in [-0.4, -0.2) is 6.61 Å². The first-order valence-electron chi connectivity index (χ1n) is 5.35. The summed E-state index contributed by atoms with van der Waals surface area (Å²) in [7, 11) is 0. The van der Waals surface area contributed by atoms with E-state index in [-0.39, 0.29) is 0 Å². The molecule has 0 spiro atoms. The van der Waals surface area contributed by atoms with Crippen LogP contribution in [-0.2, 0) is 6.42 Å². The Hall–Kier alpha value is -1.48. The summed E-state index contributed by atoms with van der Waals surface area (Å²) in [4.78, 5) is 1.41. The Kier molecular flexibility index (Phi) is 3.83. The third-order valence-corrected chi connectivity index (χ3v) is 3.21. The molecule has 0 aliphatic rings. The van der Waals surface area contributed by atoms with Gasteiger partial charge in [0.15, 0.2) is 0 Å². The third kappa shape index (κ3) is 3.28. The minimum Gasteiger partial charge on any atom is -0.494 e. The summed E-state index contributed by atoms with van der Waals surface area (Å²) in [6, 6.07) is 11.8. The van der Waals surface area contributed by atoms with Crippen molar-refractivity contribution in [2.24, 2.45) is 0 Å². The fourth-order valence-corrected chi connectivity index (χ4v) is 2.25. The molecule has 2 N–H and O–H groups in total. The molecule has 0 saturated carbocycles. The Labute approximate surface area is 99.7 Å². The maximum absolute atomic E-state index is 5.66. The van der Waals surface area contributed by atoms with Crippen molar-refractivity contribution >= 4 is 17.0 Å². The summed E-state index contributed by atoms with van der Waals surface area (Å²) in [6.45, 7) is 0.737. The van der Waals surface area contributed by atoms with E-state index in [1.807, 2.05) is 24.3 Å². The second kappa shape index (κ2) is 5.56. The Balaban J connectivity index is 1.72. The molecule has 0 saturated heterocycles. The number of anilines is 1. The summed E-state index contributed by atoms with van der Waals surface area (Å²) >= 11 is 1.80. The van der Waals surface area contributed by atoms with E-state index in [9.17, 15) is 0 Å². The molecule has 2 rings (SSSR count). The lowest BCUT2D eigenvalue weighted by Crippen LogP contribution is -1.99. The van der Waals surface area contributed by atoms with Gasteiger partial charge in [-0.15, -0.1) is 11.3 Å². The Bertz CT molecular complexity index is 425. The highest BCUT2D eigenvalue weighted by Crippen LogP contribution is 2.15. The first kappa shape index (κ1) is 11.0. The summed E-state index contributed by atoms with van der Waals surface area (Å²) in [6.07, 6.45) is 2.12. The van der Waals surface area contributed by atoms with Crippen LogP contribution in [0.1, 0.15) is 11.3 Å². The van der Waals surface area contributed by atoms with Crippen LogP contribution in [0.2, 0.25) is 0 Å². The van der Waals surface area contributed by atoms with E-state index in [0.29, 0.717) is 0 Å². The van der Waals surface area contributed by atoms with Gasteiger partial charge in [0.25, 0.3) is 0 Å². The second-order valence-electron chi connectivity index (χ2n) is 3.60. The van der Waals surface area contributed by atoms with Crippen molar-refractivity contribution < 1.29 is 4.74 Å². The smallest absolute Gasteiger partial charge is 0.121 e. The summed E-state index contributed by atoms with van der Waals surface area (Å²) in [5.41, 5.74) is 6.41. The molecular formula is C13H15NOS. The topological polar surface area (TPSA) is 35.2 Å². The molecule has 0 amide bonds. The van der Waals surface area contributed by atoms with E-state index in [1.165, 1.54) is 4.88 Å². The fraction of sp³-hybridized carbons (Fsp3) is 0.231. The van der Waals surface area contributed by atoms with Crippen LogP contribution in [0.4, 0.5) is 5.69 Å². The van der Waals surface area contributed by atoms with E-state index in [1.54, 1.807) is 11.3 Å². The molecule has 0 fully saturated rings. The summed E-state index contributed by atoms with van der Waals surface area (Å²) in [5, 5.41) is 2.11. The van der Waals surface area contributed by atoms with Gasteiger partial charge in [0.1, 0.15) is 5.75 Å². The minimum absolute atomic E-state index is 0.737. The number of ether oxygens (including phenoxy) is 1. The number of hydrogen-bond donors (Lipinski definition) is 1. The van der Waals surface area contributed by atoms with Gasteiger partial charge in [-0.2, -0.15) is 0 Å². The zero-order valence-corrected chi connectivity index (χ0v) is 9.87. The number of thiophene rings is 1. The molecule has 84 valence electrons. The number of benzene rings is 1. The molecule has 1 aromatic heterocycles. The zero-order valence-electron chi connectivity index (χ0n) is 9.06. The lowest BCUT2D eigenvalue weighted by Gasteiger charge is -2.05. The van der Waals surface area contributed by atoms with Crippen LogP contribution in [0.15, 0.2) is 41.8 Å². The first-order valence-corrected chi connectivity index (χ1v) is 6.23. The van der Waals surface area contributed by atoms with Crippen LogP contribution in [0, 0.1) is 0 Å². The van der Waals surface area contributed by atoms with Gasteiger partial charge in [-0.25, -0.2) is 0 Å². The highest BCUT2D eigenvalue weighted by atomic mass is 32.1. The average Bonchev–Trinajstić information content (AvgIpc) is 2.77. The van der Waals surface area contributed by atoms with Gasteiger partial charge in [0, 0.05) is 16.6 Å². The molecule has 0 aliphatic heterocycles. The van der Waals surface area contributed by atoms with Gasteiger partial charge in [0.2, 0.25) is 0 Å². The lowest BCUT2D eigenvalue weighted by molar-refractivity contribution is 0.311. The molecule has 0 unspecified atom stereocenters. The van der Waals surface area contributed by atoms with Gasteiger partial charge in [-0.05, 0) is 36.4 Å². The SMILES string of the molecule is Nc1cccc(OCCCc2cccs2)c1. The van der Waals surface area contributed by atoms with E-state index < -0.39 is 0 Å². The maximum atomic E-state index is 5.66. The molecule has 0 aliphatic carbocycles. The number of nitrogen functional groups attached to an aromatic ring is 1. The molecule has 0 radical (unpaired) electrons. The van der Waals surface area contributed by atoms with Crippen molar-refractivity contribution in [3.8, 4) is 5.75 Å². The summed E-state index contributed by atoms with van der Waals surface area (Å²) < 4.78 is 5.61. The number of aryl methyl sites for hydroxylation is 1. The van der Waals surface area contributed by atoms with E-state index >= 15 is 0 Å². The Morgan fingerprint density at radius 2 is 2.12 bits per heavy atom. The largest absolute Gasteiger partial charge is 0.494 e. The van der Waals surface area contributed by atoms with Crippen LogP contribution in [0.3, 0.4) is 0 Å². The van der Waals surface area contributed by atoms with E-state index in [0.717, 1.165) is 30.9 Å². The standard InChI is InChI=1S/C13H15NOS/c14-11-4-1-5-12(10-11)15-8-2-6-13-7-3-9-16-13/h1,3-5,7,9-10H,2,6,8,14H2. The molecule has 1 aromatic carbocycles. The monoisotopic (exact) mass is 233 g/mol. The van der Waals surface area contributed by atoms with Crippen LogP contribution < -0.4 is 10.5 Å². The van der Waals surface area contributed by atoms with Gasteiger partial charge in [0.05, 0.1) is 6.61 Å². The Morgan fingerprint density at radius 1 is 1.19 bits per heavy atom. The van der Waals surface area contributed by atoms with Gasteiger partial charge >= 0.3 is 0 Å². The molecule has 0 atom stereocenters. The van der Waals surface area contributed by atoms with Gasteiger partial charge < -0.3 is 10.5 Å². The van der Waals surface area contributed by atoms with Gasteiger partial charge in [-0.1, -0.05) is 12.1 Å². The zero-order chi connectivity index (χ0) is 11.2. The van der Waals surface area contributed by atoms with Gasteiger partial charge in [-0.3, -0.25) is 0 Å². The quantitative estimate of drug-likeness (QED) is 0.635. The van der Waals surface area contributed by atoms with Crippen molar-refractivity contribution in [3.63, 3.8) is 0 Å². The van der Waals surface area contributed by atoms with Crippen molar-refractivity contribution in [3.05, 3.63) is 46.7 Å². The van der Waals surface area contributed by atoms with Crippen LogP contribution >= 0.6 is 11.3 Å². The molecule has 0 bridgehead atoms. The molecule has 2 nitrogen and oxygen atoms in total. The van der Waals surface area contributed by atoms with Crippen molar-refractivity contribution in [2.75, 3.05) is 12.3 Å². The second-order valence-corrected chi connectivity index (χ2v) is 4.64. The predicted octanol–water partition coefficient (Wildman–Crippen LogP) is 3.34. The number of rotatable bonds is 5. The molecular weight excluding hydrogens is 218 g/mol. The minimum atomic E-state index is 0.737. The van der Waals surface area contributed by atoms with Crippen molar-refractivity contribution in [2.45, 2.75) is 12.8 Å². The highest BCUT2D eigenvalue weighted by Gasteiger charge is 1.96. The van der Waals surface area contributed by atoms with Crippen molar-refractivity contribution in [1.82, 2.24) is 0 Å². The average molecular weight is 233 g/mol. The predicted molar refractivity (Wildman–Crippen MR) is 69.0 cm³/mol. The third-order valence-electron chi connectivity index (χ3n) is 2.27. The lowest BCUT2D eigenvalue weighted by atomic mass is 10.3. The first-order chi connectivity index (χ1) is 7.84. The molecule has 1 heterocycles. The molecule has 2 aromatic rings. The van der Waals surface area contributed by atoms with Crippen LogP contribution in [0.5, 0.6) is 5.75 Å². The van der Waals surface area contributed by atoms with E-state index in [4.69, 9.17) is 10.5 Å². The van der Waals surface area contributed by atoms with E-state index in [2.05, 4.69) is 17.5 Å². The number of hydrogen-bond acceptors (Lipinski definition) is 3. The van der Waals surface area contributed by atoms with Crippen molar-refractivity contribution in [1.29, 1.82) is 0 Å². The summed E-state index contributed by atoms with van der Waals surface area (Å²) in [5.74, 6) is 0.853. The van der Waals surface area contributed by atoms with Crippen LogP contribution in [0.25, 0.3) is 0 Å².